The van der Waals surface area contributed by atoms with Gasteiger partial charge < -0.3 is 9.13 Å². The predicted octanol–water partition coefficient (Wildman–Crippen LogP) is 11.7. The van der Waals surface area contributed by atoms with Crippen LogP contribution in [-0.2, 0) is 0 Å². The Kier molecular flexibility index (Phi) is 6.46. The van der Waals surface area contributed by atoms with E-state index in [4.69, 9.17) is 9.97 Å². The van der Waals surface area contributed by atoms with Crippen molar-refractivity contribution in [3.63, 3.8) is 0 Å². The lowest BCUT2D eigenvalue weighted by Crippen LogP contribution is -1.97. The molecule has 4 nitrogen and oxygen atoms in total. The fourth-order valence-corrected chi connectivity index (χ4v) is 7.43. The van der Waals surface area contributed by atoms with Crippen molar-refractivity contribution in [1.82, 2.24) is 19.1 Å². The number of benzene rings is 7. The fraction of sp³-hybridized carbons (Fsp3) is 0. The lowest BCUT2D eigenvalue weighted by Gasteiger charge is -2.11. The summed E-state index contributed by atoms with van der Waals surface area (Å²) in [7, 11) is 0. The first-order valence-corrected chi connectivity index (χ1v) is 16.9. The van der Waals surface area contributed by atoms with Gasteiger partial charge in [0.25, 0.3) is 0 Å². The maximum atomic E-state index is 5.14. The molecule has 0 amide bonds. The minimum Gasteiger partial charge on any atom is -0.309 e. The third-order valence-corrected chi connectivity index (χ3v) is 9.73. The van der Waals surface area contributed by atoms with Crippen molar-refractivity contribution in [3.05, 3.63) is 182 Å². The van der Waals surface area contributed by atoms with Crippen LogP contribution >= 0.6 is 0 Å². The van der Waals surface area contributed by atoms with Crippen LogP contribution in [0.25, 0.3) is 88.9 Å². The smallest absolute Gasteiger partial charge is 0.160 e. The van der Waals surface area contributed by atoms with Gasteiger partial charge in [-0.3, -0.25) is 0 Å². The van der Waals surface area contributed by atoms with Crippen molar-refractivity contribution in [2.45, 2.75) is 0 Å². The highest BCUT2D eigenvalue weighted by molar-refractivity contribution is 6.12. The van der Waals surface area contributed by atoms with Crippen LogP contribution in [0.2, 0.25) is 0 Å². The summed E-state index contributed by atoms with van der Waals surface area (Å²) in [5.74, 6) is 0.710. The highest BCUT2D eigenvalue weighted by atomic mass is 15.0. The van der Waals surface area contributed by atoms with Crippen molar-refractivity contribution >= 4 is 43.6 Å². The highest BCUT2D eigenvalue weighted by Crippen LogP contribution is 2.38. The summed E-state index contributed by atoms with van der Waals surface area (Å²) in [6.45, 7) is 0. The Morgan fingerprint density at radius 3 is 1.50 bits per heavy atom. The Morgan fingerprint density at radius 1 is 0.300 bits per heavy atom. The van der Waals surface area contributed by atoms with Crippen LogP contribution in [0.5, 0.6) is 0 Å². The number of rotatable bonds is 5. The molecule has 0 atom stereocenters. The Bertz CT molecular complexity index is 2740. The summed E-state index contributed by atoms with van der Waals surface area (Å²) >= 11 is 0. The monoisotopic (exact) mass is 638 g/mol. The van der Waals surface area contributed by atoms with Crippen molar-refractivity contribution in [1.29, 1.82) is 0 Å². The maximum Gasteiger partial charge on any atom is 0.160 e. The normalized spacial score (nSPS) is 11.6. The molecule has 3 aromatic heterocycles. The van der Waals surface area contributed by atoms with Crippen molar-refractivity contribution in [3.8, 4) is 45.3 Å². The van der Waals surface area contributed by atoms with E-state index in [1.165, 1.54) is 32.6 Å². The zero-order chi connectivity index (χ0) is 33.0. The van der Waals surface area contributed by atoms with E-state index in [1.807, 2.05) is 24.3 Å². The van der Waals surface area contributed by atoms with Gasteiger partial charge in [0.05, 0.1) is 33.5 Å². The summed E-state index contributed by atoms with van der Waals surface area (Å²) < 4.78 is 4.77. The van der Waals surface area contributed by atoms with Gasteiger partial charge in [-0.05, 0) is 54.6 Å². The van der Waals surface area contributed by atoms with Crippen LogP contribution in [0.1, 0.15) is 0 Å². The largest absolute Gasteiger partial charge is 0.309 e. The van der Waals surface area contributed by atoms with E-state index in [2.05, 4.69) is 167 Å². The molecule has 0 spiro atoms. The van der Waals surface area contributed by atoms with Gasteiger partial charge in [-0.2, -0.15) is 0 Å². The van der Waals surface area contributed by atoms with Gasteiger partial charge in [0.2, 0.25) is 0 Å². The SMILES string of the molecule is c1ccc(-c2cc(-c3ccc4c5cc(-n6c7ccccc7c7ccccc76)ccc5n(-c5ccccc5)c4c3)nc(-c3ccccc3)n2)cc1. The van der Waals surface area contributed by atoms with E-state index in [1.54, 1.807) is 0 Å². The molecule has 0 aliphatic carbocycles. The average Bonchev–Trinajstić information content (AvgIpc) is 3.71. The molecule has 10 aromatic rings. The predicted molar refractivity (Wildman–Crippen MR) is 207 cm³/mol. The number of para-hydroxylation sites is 3. The van der Waals surface area contributed by atoms with Gasteiger partial charge in [-0.25, -0.2) is 9.97 Å². The summed E-state index contributed by atoms with van der Waals surface area (Å²) in [5.41, 5.74) is 11.8. The second kappa shape index (κ2) is 11.4. The molecule has 234 valence electrons. The molecule has 0 aliphatic rings. The molecule has 0 N–H and O–H groups in total. The second-order valence-electron chi connectivity index (χ2n) is 12.7. The molecule has 7 aromatic carbocycles. The van der Waals surface area contributed by atoms with E-state index in [0.29, 0.717) is 5.82 Å². The number of nitrogens with zero attached hydrogens (tertiary/aromatic N) is 4. The Balaban J connectivity index is 1.22. The van der Waals surface area contributed by atoms with Gasteiger partial charge in [-0.15, -0.1) is 0 Å². The van der Waals surface area contributed by atoms with Gasteiger partial charge >= 0.3 is 0 Å². The minimum absolute atomic E-state index is 0.710. The van der Waals surface area contributed by atoms with Gasteiger partial charge in [0, 0.05) is 49.6 Å². The molecule has 0 aliphatic heterocycles. The molecule has 0 unspecified atom stereocenters. The number of hydrogen-bond donors (Lipinski definition) is 0. The molecule has 4 heteroatoms. The Morgan fingerprint density at radius 2 is 0.820 bits per heavy atom. The van der Waals surface area contributed by atoms with Crippen LogP contribution in [-0.4, -0.2) is 19.1 Å². The maximum absolute atomic E-state index is 5.14. The summed E-state index contributed by atoms with van der Waals surface area (Å²) in [4.78, 5) is 10.2. The molecule has 0 saturated carbocycles. The summed E-state index contributed by atoms with van der Waals surface area (Å²) in [6, 6.07) is 64.3. The zero-order valence-electron chi connectivity index (χ0n) is 27.1. The molecular formula is C46H30N4. The molecule has 50 heavy (non-hydrogen) atoms. The zero-order valence-corrected chi connectivity index (χ0v) is 27.1. The Hall–Kier alpha value is -6.78. The average molecular weight is 639 g/mol. The van der Waals surface area contributed by atoms with E-state index >= 15 is 0 Å². The third-order valence-electron chi connectivity index (χ3n) is 9.73. The quantitative estimate of drug-likeness (QED) is 0.188. The lowest BCUT2D eigenvalue weighted by atomic mass is 10.0. The molecule has 0 radical (unpaired) electrons. The molecule has 0 saturated heterocycles. The highest BCUT2D eigenvalue weighted by Gasteiger charge is 2.18. The van der Waals surface area contributed by atoms with Gasteiger partial charge in [0.15, 0.2) is 5.82 Å². The first-order valence-electron chi connectivity index (χ1n) is 16.9. The van der Waals surface area contributed by atoms with Crippen molar-refractivity contribution in [2.75, 3.05) is 0 Å². The summed E-state index contributed by atoms with van der Waals surface area (Å²) in [6.07, 6.45) is 0. The third kappa shape index (κ3) is 4.54. The van der Waals surface area contributed by atoms with E-state index < -0.39 is 0 Å². The van der Waals surface area contributed by atoms with Crippen LogP contribution in [0.15, 0.2) is 182 Å². The van der Waals surface area contributed by atoms with Crippen LogP contribution < -0.4 is 0 Å². The second-order valence-corrected chi connectivity index (χ2v) is 12.7. The molecule has 0 fully saturated rings. The Labute approximate surface area is 289 Å². The minimum atomic E-state index is 0.710. The molecule has 3 heterocycles. The number of hydrogen-bond acceptors (Lipinski definition) is 2. The number of aromatic nitrogens is 4. The van der Waals surface area contributed by atoms with Crippen LogP contribution in [0.4, 0.5) is 0 Å². The van der Waals surface area contributed by atoms with Crippen LogP contribution in [0, 0.1) is 0 Å². The standard InChI is InChI=1S/C46H30N4/c1-4-14-31(15-5-1)40-30-41(48-46(47-40)32-16-6-2-7-17-32)33-24-26-38-39-29-35(25-27-44(39)49(45(38)28-33)34-18-8-3-9-19-34)50-42-22-12-10-20-36(42)37-21-11-13-23-43(37)50/h1-30H. The van der Waals surface area contributed by atoms with Gasteiger partial charge in [0.1, 0.15) is 0 Å². The van der Waals surface area contributed by atoms with E-state index in [9.17, 15) is 0 Å². The molecule has 0 bridgehead atoms. The van der Waals surface area contributed by atoms with E-state index in [-0.39, 0.29) is 0 Å². The molecular weight excluding hydrogens is 609 g/mol. The van der Waals surface area contributed by atoms with Gasteiger partial charge in [-0.1, -0.05) is 127 Å². The first kappa shape index (κ1) is 28.3. The number of fused-ring (bicyclic) bond motifs is 6. The van der Waals surface area contributed by atoms with Crippen molar-refractivity contribution < 1.29 is 0 Å². The summed E-state index contributed by atoms with van der Waals surface area (Å²) in [5, 5.41) is 4.91. The lowest BCUT2D eigenvalue weighted by molar-refractivity contribution is 1.16. The first-order chi connectivity index (χ1) is 24.8. The van der Waals surface area contributed by atoms with Crippen molar-refractivity contribution in [2.24, 2.45) is 0 Å². The fourth-order valence-electron chi connectivity index (χ4n) is 7.43. The van der Waals surface area contributed by atoms with E-state index in [0.717, 1.165) is 50.5 Å². The topological polar surface area (TPSA) is 35.6 Å². The molecule has 10 rings (SSSR count). The van der Waals surface area contributed by atoms with Crippen LogP contribution in [0.3, 0.4) is 0 Å².